The van der Waals surface area contributed by atoms with E-state index < -0.39 is 17.6 Å². The van der Waals surface area contributed by atoms with Crippen LogP contribution < -0.4 is 5.32 Å². The number of fused-ring (bicyclic) bond motifs is 3. The number of hydrogen-bond acceptors (Lipinski definition) is 4. The van der Waals surface area contributed by atoms with Gasteiger partial charge in [-0.2, -0.15) is 0 Å². The molecule has 1 saturated heterocycles. The molecule has 6 heteroatoms. The van der Waals surface area contributed by atoms with E-state index in [1.54, 1.807) is 0 Å². The van der Waals surface area contributed by atoms with Crippen molar-refractivity contribution in [1.29, 1.82) is 0 Å². The molecule has 0 bridgehead atoms. The SMILES string of the molecule is CCC1CC(CC(=O)O)(NC(=O)OCC2c3ccccc3-c3ccccc32)CO1. The van der Waals surface area contributed by atoms with E-state index in [4.69, 9.17) is 9.47 Å². The first kappa shape index (κ1) is 19.5. The topological polar surface area (TPSA) is 84.9 Å². The van der Waals surface area contributed by atoms with E-state index in [1.807, 2.05) is 31.2 Å². The Morgan fingerprint density at radius 2 is 1.76 bits per heavy atom. The van der Waals surface area contributed by atoms with Crippen LogP contribution in [-0.4, -0.2) is 42.0 Å². The van der Waals surface area contributed by atoms with E-state index in [0.29, 0.717) is 6.42 Å². The number of aliphatic carboxylic acids is 1. The Morgan fingerprint density at radius 1 is 1.14 bits per heavy atom. The normalized spacial score (nSPS) is 22.7. The van der Waals surface area contributed by atoms with Gasteiger partial charge in [0.25, 0.3) is 0 Å². The van der Waals surface area contributed by atoms with Gasteiger partial charge in [-0.25, -0.2) is 4.79 Å². The second kappa shape index (κ2) is 7.87. The lowest BCUT2D eigenvalue weighted by molar-refractivity contribution is -0.138. The monoisotopic (exact) mass is 395 g/mol. The van der Waals surface area contributed by atoms with E-state index in [0.717, 1.165) is 28.7 Å². The maximum atomic E-state index is 12.6. The van der Waals surface area contributed by atoms with Gasteiger partial charge in [-0.15, -0.1) is 0 Å². The van der Waals surface area contributed by atoms with Gasteiger partial charge in [0.05, 0.1) is 24.7 Å². The average Bonchev–Trinajstić information content (AvgIpc) is 3.25. The smallest absolute Gasteiger partial charge is 0.407 e. The number of hydrogen-bond donors (Lipinski definition) is 2. The quantitative estimate of drug-likeness (QED) is 0.774. The molecule has 1 heterocycles. The largest absolute Gasteiger partial charge is 0.481 e. The van der Waals surface area contributed by atoms with Crippen LogP contribution in [0.2, 0.25) is 0 Å². The molecule has 29 heavy (non-hydrogen) atoms. The van der Waals surface area contributed by atoms with Crippen LogP contribution in [0, 0.1) is 0 Å². The van der Waals surface area contributed by atoms with E-state index in [-0.39, 0.29) is 31.7 Å². The number of alkyl carbamates (subject to hydrolysis) is 1. The number of rotatable bonds is 6. The summed E-state index contributed by atoms with van der Waals surface area (Å²) in [6.45, 7) is 2.36. The van der Waals surface area contributed by atoms with E-state index in [2.05, 4.69) is 29.6 Å². The van der Waals surface area contributed by atoms with Crippen molar-refractivity contribution in [2.24, 2.45) is 0 Å². The van der Waals surface area contributed by atoms with Gasteiger partial charge in [-0.05, 0) is 35.1 Å². The Hall–Kier alpha value is -2.86. The predicted octanol–water partition coefficient (Wildman–Crippen LogP) is 3.94. The highest BCUT2D eigenvalue weighted by molar-refractivity contribution is 5.79. The molecule has 6 nitrogen and oxygen atoms in total. The molecule has 0 saturated carbocycles. The van der Waals surface area contributed by atoms with Crippen molar-refractivity contribution in [3.63, 3.8) is 0 Å². The molecule has 0 aromatic heterocycles. The number of carbonyl (C=O) groups is 2. The summed E-state index contributed by atoms with van der Waals surface area (Å²) in [6, 6.07) is 16.3. The summed E-state index contributed by atoms with van der Waals surface area (Å²) in [7, 11) is 0. The first-order valence-corrected chi connectivity index (χ1v) is 9.98. The molecule has 2 atom stereocenters. The third-order valence-corrected chi connectivity index (χ3v) is 5.87. The molecule has 2 N–H and O–H groups in total. The van der Waals surface area contributed by atoms with Crippen LogP contribution in [-0.2, 0) is 14.3 Å². The van der Waals surface area contributed by atoms with Crippen LogP contribution in [0.5, 0.6) is 0 Å². The zero-order chi connectivity index (χ0) is 20.4. The van der Waals surface area contributed by atoms with Gasteiger partial charge in [0.2, 0.25) is 0 Å². The maximum absolute atomic E-state index is 12.6. The maximum Gasteiger partial charge on any atom is 0.407 e. The number of ether oxygens (including phenoxy) is 2. The Morgan fingerprint density at radius 3 is 2.31 bits per heavy atom. The van der Waals surface area contributed by atoms with Crippen molar-refractivity contribution in [2.75, 3.05) is 13.2 Å². The molecule has 2 aliphatic rings. The molecule has 1 aliphatic carbocycles. The van der Waals surface area contributed by atoms with Gasteiger partial charge in [0.1, 0.15) is 6.61 Å². The average molecular weight is 395 g/mol. The van der Waals surface area contributed by atoms with Crippen molar-refractivity contribution >= 4 is 12.1 Å². The first-order valence-electron chi connectivity index (χ1n) is 9.98. The Balaban J connectivity index is 1.46. The highest BCUT2D eigenvalue weighted by Crippen LogP contribution is 2.44. The molecule has 4 rings (SSSR count). The lowest BCUT2D eigenvalue weighted by Crippen LogP contribution is -2.51. The minimum absolute atomic E-state index is 0.0354. The number of carbonyl (C=O) groups excluding carboxylic acids is 1. The Kier molecular flexibility index (Phi) is 5.28. The number of benzene rings is 2. The lowest BCUT2D eigenvalue weighted by atomic mass is 9.91. The summed E-state index contributed by atoms with van der Waals surface area (Å²) in [5.41, 5.74) is 3.67. The standard InChI is InChI=1S/C23H25NO5/c1-2-15-11-23(14-29-15,12-21(25)26)24-22(27)28-13-20-18-9-5-3-7-16(18)17-8-4-6-10-19(17)20/h3-10,15,20H,2,11-14H2,1H3,(H,24,27)(H,25,26). The summed E-state index contributed by atoms with van der Waals surface area (Å²) < 4.78 is 11.2. The second-order valence-corrected chi connectivity index (χ2v) is 7.85. The van der Waals surface area contributed by atoms with Crippen LogP contribution in [0.3, 0.4) is 0 Å². The highest BCUT2D eigenvalue weighted by atomic mass is 16.6. The number of carboxylic acids is 1. The van der Waals surface area contributed by atoms with Crippen molar-refractivity contribution in [2.45, 2.75) is 43.7 Å². The van der Waals surface area contributed by atoms with Crippen molar-refractivity contribution in [3.8, 4) is 11.1 Å². The molecule has 2 unspecified atom stereocenters. The molecule has 1 fully saturated rings. The van der Waals surface area contributed by atoms with Gasteiger partial charge >= 0.3 is 12.1 Å². The van der Waals surface area contributed by atoms with Crippen LogP contribution in [0.25, 0.3) is 11.1 Å². The summed E-state index contributed by atoms with van der Waals surface area (Å²) >= 11 is 0. The van der Waals surface area contributed by atoms with Crippen LogP contribution in [0.15, 0.2) is 48.5 Å². The zero-order valence-corrected chi connectivity index (χ0v) is 16.4. The number of nitrogens with one attached hydrogen (secondary N) is 1. The minimum atomic E-state index is -0.968. The van der Waals surface area contributed by atoms with Gasteiger partial charge < -0.3 is 19.9 Å². The predicted molar refractivity (Wildman–Crippen MR) is 108 cm³/mol. The van der Waals surface area contributed by atoms with Crippen molar-refractivity contribution in [1.82, 2.24) is 5.32 Å². The molecule has 152 valence electrons. The Bertz CT molecular complexity index is 881. The summed E-state index contributed by atoms with van der Waals surface area (Å²) in [6.07, 6.45) is 0.401. The third kappa shape index (κ3) is 3.85. The zero-order valence-electron chi connectivity index (χ0n) is 16.4. The molecular formula is C23H25NO5. The lowest BCUT2D eigenvalue weighted by Gasteiger charge is -2.27. The van der Waals surface area contributed by atoms with Gasteiger partial charge in [0, 0.05) is 5.92 Å². The molecule has 1 amide bonds. The molecular weight excluding hydrogens is 370 g/mol. The first-order chi connectivity index (χ1) is 14.0. The van der Waals surface area contributed by atoms with Crippen LogP contribution in [0.4, 0.5) is 4.79 Å². The number of amides is 1. The molecule has 0 radical (unpaired) electrons. The fourth-order valence-corrected chi connectivity index (χ4v) is 4.49. The molecule has 2 aromatic carbocycles. The third-order valence-electron chi connectivity index (χ3n) is 5.87. The van der Waals surface area contributed by atoms with Gasteiger partial charge in [-0.3, -0.25) is 4.79 Å². The van der Waals surface area contributed by atoms with Crippen LogP contribution in [0.1, 0.15) is 43.2 Å². The van der Waals surface area contributed by atoms with E-state index >= 15 is 0 Å². The summed E-state index contributed by atoms with van der Waals surface area (Å²) in [5, 5.41) is 12.1. The van der Waals surface area contributed by atoms with Crippen molar-refractivity contribution < 1.29 is 24.2 Å². The van der Waals surface area contributed by atoms with Gasteiger partial charge in [-0.1, -0.05) is 55.5 Å². The Labute approximate surface area is 169 Å². The van der Waals surface area contributed by atoms with E-state index in [1.165, 1.54) is 0 Å². The van der Waals surface area contributed by atoms with Crippen molar-refractivity contribution in [3.05, 3.63) is 59.7 Å². The number of carboxylic acid groups (broad SMARTS) is 1. The fourth-order valence-electron chi connectivity index (χ4n) is 4.49. The molecule has 2 aromatic rings. The molecule has 0 spiro atoms. The summed E-state index contributed by atoms with van der Waals surface area (Å²) in [5.74, 6) is -1.00. The van der Waals surface area contributed by atoms with E-state index in [9.17, 15) is 14.7 Å². The minimum Gasteiger partial charge on any atom is -0.481 e. The second-order valence-electron chi connectivity index (χ2n) is 7.85. The molecule has 1 aliphatic heterocycles. The van der Waals surface area contributed by atoms with Gasteiger partial charge in [0.15, 0.2) is 0 Å². The fraction of sp³-hybridized carbons (Fsp3) is 0.391. The highest BCUT2D eigenvalue weighted by Gasteiger charge is 2.43. The summed E-state index contributed by atoms with van der Waals surface area (Å²) in [4.78, 5) is 23.9. The van der Waals surface area contributed by atoms with Crippen LogP contribution >= 0.6 is 0 Å².